The van der Waals surface area contributed by atoms with Gasteiger partial charge in [0.15, 0.2) is 0 Å². The Morgan fingerprint density at radius 1 is 1.44 bits per heavy atom. The molecule has 136 valence electrons. The summed E-state index contributed by atoms with van der Waals surface area (Å²) in [6.45, 7) is 9.23. The highest BCUT2D eigenvalue weighted by Crippen LogP contribution is 2.36. The lowest BCUT2D eigenvalue weighted by atomic mass is 9.85. The summed E-state index contributed by atoms with van der Waals surface area (Å²) in [6.07, 6.45) is 6.77. The Morgan fingerprint density at radius 3 is 2.84 bits per heavy atom. The minimum Gasteiger partial charge on any atom is -0.458 e. The molecule has 0 radical (unpaired) electrons. The molecule has 1 saturated heterocycles. The number of aliphatic hydroxyl groups excluding tert-OH is 1. The molecule has 0 aromatic carbocycles. The Morgan fingerprint density at radius 2 is 2.16 bits per heavy atom. The fourth-order valence-electron chi connectivity index (χ4n) is 3.18. The number of hydrogen-bond acceptors (Lipinski definition) is 5. The van der Waals surface area contributed by atoms with Crippen molar-refractivity contribution in [3.63, 3.8) is 0 Å². The molecule has 1 aliphatic carbocycles. The van der Waals surface area contributed by atoms with E-state index in [1.807, 2.05) is 19.9 Å². The van der Waals surface area contributed by atoms with Crippen LogP contribution in [-0.2, 0) is 19.1 Å². The number of carbonyl (C=O) groups excluding carboxylic acids is 2. The molecule has 0 saturated carbocycles. The highest BCUT2D eigenvalue weighted by molar-refractivity contribution is 5.92. The third-order valence-corrected chi connectivity index (χ3v) is 4.64. The maximum atomic E-state index is 12.3. The average molecular weight is 346 g/mol. The second kappa shape index (κ2) is 8.30. The molecular weight excluding hydrogens is 320 g/mol. The van der Waals surface area contributed by atoms with Gasteiger partial charge < -0.3 is 14.6 Å². The number of hydrogen-bond donors (Lipinski definition) is 1. The summed E-state index contributed by atoms with van der Waals surface area (Å²) in [5, 5.41) is 8.96. The van der Waals surface area contributed by atoms with Crippen LogP contribution in [0.2, 0.25) is 0 Å². The minimum absolute atomic E-state index is 0.229. The van der Waals surface area contributed by atoms with Gasteiger partial charge in [0.2, 0.25) is 0 Å². The summed E-state index contributed by atoms with van der Waals surface area (Å²) >= 11 is 0. The van der Waals surface area contributed by atoms with Crippen molar-refractivity contribution in [3.05, 3.63) is 47.1 Å². The molecule has 5 heteroatoms. The number of esters is 2. The molecule has 0 spiro atoms. The fraction of sp³-hybridized carbons (Fsp3) is 0.500. The molecule has 1 fully saturated rings. The normalized spacial score (nSPS) is 32.0. The lowest BCUT2D eigenvalue weighted by molar-refractivity contribution is -0.147. The van der Waals surface area contributed by atoms with E-state index < -0.39 is 30.1 Å². The van der Waals surface area contributed by atoms with Gasteiger partial charge in [-0.3, -0.25) is 0 Å². The quantitative estimate of drug-likeness (QED) is 0.483. The van der Waals surface area contributed by atoms with Gasteiger partial charge in [0.25, 0.3) is 0 Å². The van der Waals surface area contributed by atoms with Crippen molar-refractivity contribution in [1.29, 1.82) is 0 Å². The van der Waals surface area contributed by atoms with Crippen LogP contribution in [0.5, 0.6) is 0 Å². The first-order valence-electron chi connectivity index (χ1n) is 8.54. The van der Waals surface area contributed by atoms with Crippen molar-refractivity contribution in [3.8, 4) is 0 Å². The first-order valence-corrected chi connectivity index (χ1v) is 8.54. The molecule has 0 aromatic rings. The van der Waals surface area contributed by atoms with E-state index in [2.05, 4.69) is 12.7 Å². The zero-order chi connectivity index (χ0) is 18.6. The Bertz CT molecular complexity index is 653. The van der Waals surface area contributed by atoms with Gasteiger partial charge in [-0.15, -0.1) is 0 Å². The molecule has 1 heterocycles. The monoisotopic (exact) mass is 346 g/mol. The van der Waals surface area contributed by atoms with E-state index in [0.29, 0.717) is 17.6 Å². The smallest absolute Gasteiger partial charge is 0.334 e. The summed E-state index contributed by atoms with van der Waals surface area (Å²) in [4.78, 5) is 24.4. The Balaban J connectivity index is 2.36. The first-order chi connectivity index (χ1) is 11.8. The largest absolute Gasteiger partial charge is 0.458 e. The highest BCUT2D eigenvalue weighted by Gasteiger charge is 2.44. The van der Waals surface area contributed by atoms with E-state index in [1.54, 1.807) is 6.92 Å². The van der Waals surface area contributed by atoms with Crippen LogP contribution in [0.4, 0.5) is 0 Å². The number of ether oxygens (including phenoxy) is 2. The summed E-state index contributed by atoms with van der Waals surface area (Å²) in [6, 6.07) is 0. The second-order valence-corrected chi connectivity index (χ2v) is 6.74. The summed E-state index contributed by atoms with van der Waals surface area (Å²) in [7, 11) is 0. The summed E-state index contributed by atoms with van der Waals surface area (Å²) in [5.41, 5.74) is 2.90. The van der Waals surface area contributed by atoms with Crippen LogP contribution in [0, 0.1) is 5.92 Å². The zero-order valence-corrected chi connectivity index (χ0v) is 15.1. The van der Waals surface area contributed by atoms with Crippen molar-refractivity contribution in [1.82, 2.24) is 0 Å². The van der Waals surface area contributed by atoms with Crippen LogP contribution in [-0.4, -0.2) is 35.9 Å². The molecule has 1 N–H and O–H groups in total. The lowest BCUT2D eigenvalue weighted by Crippen LogP contribution is -2.33. The molecular formula is C20H26O5. The standard InChI is InChI=1S/C20H26O5/c1-12-6-5-7-13(2)11-17-18(15(4)20(23)25-17)16(10-12)24-19(22)14(3)8-9-21/h6,8,11,16-18,21H,4-5,7,9-10H2,1-3H3/b12-6+,13-11+,14-8+/t16-,17-,18+/m1/s1. The molecule has 5 nitrogen and oxygen atoms in total. The predicted octanol–water partition coefficient (Wildman–Crippen LogP) is 3.01. The van der Waals surface area contributed by atoms with Crippen molar-refractivity contribution in [2.75, 3.05) is 6.61 Å². The van der Waals surface area contributed by atoms with E-state index in [1.165, 1.54) is 6.08 Å². The minimum atomic E-state index is -0.545. The van der Waals surface area contributed by atoms with Gasteiger partial charge in [-0.2, -0.15) is 0 Å². The number of carbonyl (C=O) groups is 2. The average Bonchev–Trinajstić information content (AvgIpc) is 2.80. The number of fused-ring (bicyclic) bond motifs is 1. The van der Waals surface area contributed by atoms with E-state index in [0.717, 1.165) is 24.0 Å². The Labute approximate surface area is 148 Å². The van der Waals surface area contributed by atoms with Gasteiger partial charge in [-0.25, -0.2) is 9.59 Å². The van der Waals surface area contributed by atoms with E-state index in [-0.39, 0.29) is 6.61 Å². The van der Waals surface area contributed by atoms with Crippen LogP contribution >= 0.6 is 0 Å². The molecule has 0 unspecified atom stereocenters. The highest BCUT2D eigenvalue weighted by atomic mass is 16.6. The van der Waals surface area contributed by atoms with Crippen LogP contribution < -0.4 is 0 Å². The fourth-order valence-corrected chi connectivity index (χ4v) is 3.18. The third kappa shape index (κ3) is 4.69. The maximum Gasteiger partial charge on any atom is 0.334 e. The van der Waals surface area contributed by atoms with Crippen molar-refractivity contribution < 1.29 is 24.2 Å². The van der Waals surface area contributed by atoms with Crippen molar-refractivity contribution in [2.24, 2.45) is 5.92 Å². The van der Waals surface area contributed by atoms with Crippen LogP contribution in [0.3, 0.4) is 0 Å². The van der Waals surface area contributed by atoms with Crippen LogP contribution in [0.15, 0.2) is 47.1 Å². The number of rotatable bonds is 3. The maximum absolute atomic E-state index is 12.3. The number of allylic oxidation sites excluding steroid dienone is 2. The molecule has 0 bridgehead atoms. The SMILES string of the molecule is C=C1C(=O)O[C@@H]2/C=C(\C)CC/C=C(\C)C[C@@H](OC(=O)/C(C)=C/CO)[C@H]12. The van der Waals surface area contributed by atoms with Gasteiger partial charge in [-0.05, 0) is 45.8 Å². The number of aliphatic hydroxyl groups is 1. The summed E-state index contributed by atoms with van der Waals surface area (Å²) in [5.74, 6) is -1.35. The van der Waals surface area contributed by atoms with Crippen molar-refractivity contribution >= 4 is 11.9 Å². The first kappa shape index (κ1) is 19.2. The third-order valence-electron chi connectivity index (χ3n) is 4.64. The van der Waals surface area contributed by atoms with Crippen molar-refractivity contribution in [2.45, 2.75) is 52.2 Å². The molecule has 0 amide bonds. The molecule has 2 aliphatic rings. The van der Waals surface area contributed by atoms with Gasteiger partial charge in [0.1, 0.15) is 12.2 Å². The van der Waals surface area contributed by atoms with E-state index in [9.17, 15) is 9.59 Å². The van der Waals surface area contributed by atoms with Crippen LogP contribution in [0.1, 0.15) is 40.0 Å². The predicted molar refractivity (Wildman–Crippen MR) is 94.6 cm³/mol. The van der Waals surface area contributed by atoms with E-state index in [4.69, 9.17) is 14.6 Å². The molecule has 25 heavy (non-hydrogen) atoms. The molecule has 3 atom stereocenters. The zero-order valence-electron chi connectivity index (χ0n) is 15.1. The van der Waals surface area contributed by atoms with Crippen LogP contribution in [0.25, 0.3) is 0 Å². The summed E-state index contributed by atoms with van der Waals surface area (Å²) < 4.78 is 11.1. The van der Waals surface area contributed by atoms with Gasteiger partial charge in [-0.1, -0.05) is 23.8 Å². The second-order valence-electron chi connectivity index (χ2n) is 6.74. The Kier molecular flexibility index (Phi) is 6.37. The lowest BCUT2D eigenvalue weighted by Gasteiger charge is -2.27. The molecule has 0 aromatic heterocycles. The topological polar surface area (TPSA) is 72.8 Å². The Hall–Kier alpha value is -2.14. The van der Waals surface area contributed by atoms with Gasteiger partial charge in [0, 0.05) is 17.6 Å². The van der Waals surface area contributed by atoms with Gasteiger partial charge >= 0.3 is 11.9 Å². The molecule has 1 aliphatic heterocycles. The van der Waals surface area contributed by atoms with E-state index >= 15 is 0 Å². The van der Waals surface area contributed by atoms with Gasteiger partial charge in [0.05, 0.1) is 12.5 Å². The molecule has 2 rings (SSSR count).